The molecule has 0 aromatic carbocycles. The summed E-state index contributed by atoms with van der Waals surface area (Å²) in [7, 11) is 1.88. The molecule has 0 bridgehead atoms. The molecule has 3 aliphatic rings. The van der Waals surface area contributed by atoms with E-state index >= 15 is 0 Å². The molecule has 4 rings (SSSR count). The van der Waals surface area contributed by atoms with Gasteiger partial charge in [0.1, 0.15) is 17.9 Å². The second kappa shape index (κ2) is 8.33. The minimum Gasteiger partial charge on any atom is -0.394 e. The van der Waals surface area contributed by atoms with Crippen LogP contribution in [0.1, 0.15) is 33.6 Å². The number of nitrogens with one attached hydrogen (secondary N) is 1. The summed E-state index contributed by atoms with van der Waals surface area (Å²) in [5.41, 5.74) is 4.07. The predicted molar refractivity (Wildman–Crippen MR) is 111 cm³/mol. The number of anilines is 2. The van der Waals surface area contributed by atoms with Gasteiger partial charge in [-0.25, -0.2) is 9.97 Å². The molecule has 9 nitrogen and oxygen atoms in total. The third kappa shape index (κ3) is 4.04. The fraction of sp³-hybridized carbons (Fsp3) is 0.778. The van der Waals surface area contributed by atoms with Crippen LogP contribution in [0.4, 0.5) is 11.5 Å². The van der Waals surface area contributed by atoms with E-state index in [1.165, 1.54) is 0 Å². The second-order valence-electron chi connectivity index (χ2n) is 7.85. The Labute approximate surface area is 180 Å². The summed E-state index contributed by atoms with van der Waals surface area (Å²) in [4.78, 5) is 9.22. The van der Waals surface area contributed by atoms with Gasteiger partial charge in [0.2, 0.25) is 0 Å². The average molecular weight is 446 g/mol. The highest BCUT2D eigenvalue weighted by molar-refractivity contribution is 7.99. The van der Waals surface area contributed by atoms with Gasteiger partial charge < -0.3 is 19.3 Å². The van der Waals surface area contributed by atoms with Crippen LogP contribution in [0.25, 0.3) is 0 Å². The predicted octanol–water partition coefficient (Wildman–Crippen LogP) is 1.98. The highest BCUT2D eigenvalue weighted by Crippen LogP contribution is 2.46. The van der Waals surface area contributed by atoms with Crippen molar-refractivity contribution >= 4 is 34.9 Å². The van der Waals surface area contributed by atoms with Crippen molar-refractivity contribution in [2.24, 2.45) is 0 Å². The monoisotopic (exact) mass is 445 g/mol. The number of halogens is 1. The summed E-state index contributed by atoms with van der Waals surface area (Å²) in [5.74, 6) is 0.953. The minimum atomic E-state index is -0.700. The van der Waals surface area contributed by atoms with Crippen LogP contribution in [0, 0.1) is 0 Å². The number of thioether (sulfide) groups is 1. The largest absolute Gasteiger partial charge is 0.394 e. The normalized spacial score (nSPS) is 30.1. The highest BCUT2D eigenvalue weighted by atomic mass is 35.5. The molecular weight excluding hydrogens is 418 g/mol. The molecule has 29 heavy (non-hydrogen) atoms. The van der Waals surface area contributed by atoms with Crippen LogP contribution in [0.2, 0.25) is 5.15 Å². The van der Waals surface area contributed by atoms with E-state index in [0.717, 1.165) is 23.7 Å². The Hall–Kier alpha value is -0.880. The van der Waals surface area contributed by atoms with Crippen molar-refractivity contribution in [2.45, 2.75) is 68.9 Å². The van der Waals surface area contributed by atoms with Crippen molar-refractivity contribution in [3.05, 3.63) is 5.15 Å². The number of nitrogens with zero attached hydrogens (tertiary/aromatic N) is 4. The topological polar surface area (TPSA) is 92.2 Å². The molecule has 1 aliphatic carbocycles. The Morgan fingerprint density at radius 1 is 1.34 bits per heavy atom. The number of hydrogen-bond acceptors (Lipinski definition) is 10. The first-order chi connectivity index (χ1) is 13.8. The minimum absolute atomic E-state index is 0.0306. The molecule has 2 aliphatic heterocycles. The number of rotatable bonds is 7. The number of aromatic nitrogens is 2. The lowest BCUT2D eigenvalue weighted by Gasteiger charge is -2.30. The lowest BCUT2D eigenvalue weighted by molar-refractivity contribution is -0.168. The van der Waals surface area contributed by atoms with Crippen LogP contribution in [-0.4, -0.2) is 71.2 Å². The summed E-state index contributed by atoms with van der Waals surface area (Å²) in [5, 5.41) is 14.1. The van der Waals surface area contributed by atoms with E-state index in [1.807, 2.05) is 30.9 Å². The van der Waals surface area contributed by atoms with Crippen LogP contribution >= 0.6 is 23.4 Å². The van der Waals surface area contributed by atoms with Gasteiger partial charge in [0.25, 0.3) is 0 Å². The molecule has 1 aromatic rings. The number of aliphatic hydroxyl groups is 1. The molecule has 162 valence electrons. The molecule has 1 aromatic heterocycles. The SMILES string of the molecule is CCCSc1nc(Cl)c2c(n1)N(C1CC(OCCO)C3OC(C)(C)OC31)NN2C. The van der Waals surface area contributed by atoms with Crippen LogP contribution < -0.4 is 15.6 Å². The Bertz CT molecular complexity index is 757. The van der Waals surface area contributed by atoms with Crippen molar-refractivity contribution in [3.63, 3.8) is 0 Å². The standard InChI is InChI=1S/C18H28ClN5O4S/c1-5-8-29-17-20-15(19)12-16(21-17)24(22-23(12)4)10-9-11(26-7-6-25)14-13(10)27-18(2,3)28-14/h10-11,13-14,22,25H,5-9H2,1-4H3. The van der Waals surface area contributed by atoms with Gasteiger partial charge in [-0.15, -0.1) is 5.53 Å². The molecule has 4 unspecified atom stereocenters. The number of fused-ring (bicyclic) bond motifs is 2. The molecule has 0 amide bonds. The Kier molecular flexibility index (Phi) is 6.14. The summed E-state index contributed by atoms with van der Waals surface area (Å²) in [6.07, 6.45) is 1.09. The number of ether oxygens (including phenoxy) is 3. The van der Waals surface area contributed by atoms with Crippen molar-refractivity contribution in [2.75, 3.05) is 36.0 Å². The quantitative estimate of drug-likeness (QED) is 0.368. The Morgan fingerprint density at radius 3 is 2.83 bits per heavy atom. The summed E-state index contributed by atoms with van der Waals surface area (Å²) in [6.45, 7) is 6.16. The molecule has 4 atom stereocenters. The third-order valence-corrected chi connectivity index (χ3v) is 6.51. The molecule has 3 heterocycles. The van der Waals surface area contributed by atoms with Crippen molar-refractivity contribution in [3.8, 4) is 0 Å². The maximum Gasteiger partial charge on any atom is 0.191 e. The Balaban J connectivity index is 1.64. The zero-order chi connectivity index (χ0) is 20.8. The summed E-state index contributed by atoms with van der Waals surface area (Å²) >= 11 is 8.08. The second-order valence-corrected chi connectivity index (χ2v) is 9.27. The molecule has 0 spiro atoms. The van der Waals surface area contributed by atoms with Gasteiger partial charge >= 0.3 is 0 Å². The highest BCUT2D eigenvalue weighted by Gasteiger charge is 2.57. The zero-order valence-electron chi connectivity index (χ0n) is 17.1. The van der Waals surface area contributed by atoms with Gasteiger partial charge in [-0.05, 0) is 20.3 Å². The third-order valence-electron chi connectivity index (χ3n) is 5.20. The smallest absolute Gasteiger partial charge is 0.191 e. The molecule has 2 fully saturated rings. The number of aliphatic hydroxyl groups excluding tert-OH is 1. The molecule has 1 saturated heterocycles. The number of hydrazine groups is 2. The Morgan fingerprint density at radius 2 is 2.10 bits per heavy atom. The first-order valence-corrected chi connectivity index (χ1v) is 11.3. The van der Waals surface area contributed by atoms with Gasteiger partial charge in [-0.2, -0.15) is 0 Å². The van der Waals surface area contributed by atoms with Crippen molar-refractivity contribution in [1.82, 2.24) is 15.5 Å². The number of hydrogen-bond donors (Lipinski definition) is 2. The molecular formula is C18H28ClN5O4S. The van der Waals surface area contributed by atoms with Crippen LogP contribution in [0.3, 0.4) is 0 Å². The van der Waals surface area contributed by atoms with Crippen LogP contribution in [0.15, 0.2) is 5.16 Å². The fourth-order valence-corrected chi connectivity index (χ4v) is 5.17. The average Bonchev–Trinajstić information content (AvgIpc) is 3.27. The van der Waals surface area contributed by atoms with E-state index in [1.54, 1.807) is 11.8 Å². The molecule has 1 saturated carbocycles. The van der Waals surface area contributed by atoms with Gasteiger partial charge in [0.05, 0.1) is 25.4 Å². The maximum absolute atomic E-state index is 9.18. The lowest BCUT2D eigenvalue weighted by Crippen LogP contribution is -2.52. The van der Waals surface area contributed by atoms with E-state index < -0.39 is 5.79 Å². The van der Waals surface area contributed by atoms with E-state index in [-0.39, 0.29) is 37.6 Å². The summed E-state index contributed by atoms with van der Waals surface area (Å²) in [6, 6.07) is -0.0795. The van der Waals surface area contributed by atoms with Crippen molar-refractivity contribution in [1.29, 1.82) is 0 Å². The fourth-order valence-electron chi connectivity index (χ4n) is 4.13. The van der Waals surface area contributed by atoms with Gasteiger partial charge in [-0.1, -0.05) is 30.3 Å². The van der Waals surface area contributed by atoms with Gasteiger partial charge in [0.15, 0.2) is 21.9 Å². The van der Waals surface area contributed by atoms with E-state index in [9.17, 15) is 5.11 Å². The molecule has 2 N–H and O–H groups in total. The molecule has 11 heteroatoms. The van der Waals surface area contributed by atoms with E-state index in [4.69, 9.17) is 30.8 Å². The van der Waals surface area contributed by atoms with Gasteiger partial charge in [0, 0.05) is 19.2 Å². The molecule has 0 radical (unpaired) electrons. The van der Waals surface area contributed by atoms with Crippen molar-refractivity contribution < 1.29 is 19.3 Å². The van der Waals surface area contributed by atoms with E-state index in [2.05, 4.69) is 17.4 Å². The zero-order valence-corrected chi connectivity index (χ0v) is 18.7. The van der Waals surface area contributed by atoms with E-state index in [0.29, 0.717) is 16.7 Å². The lowest BCUT2D eigenvalue weighted by atomic mass is 10.2. The van der Waals surface area contributed by atoms with Crippen LogP contribution in [0.5, 0.6) is 0 Å². The summed E-state index contributed by atoms with van der Waals surface area (Å²) < 4.78 is 18.2. The van der Waals surface area contributed by atoms with Gasteiger partial charge in [-0.3, -0.25) is 10.0 Å². The first kappa shape index (κ1) is 21.4. The van der Waals surface area contributed by atoms with Crippen LogP contribution in [-0.2, 0) is 14.2 Å². The maximum atomic E-state index is 9.18. The first-order valence-electron chi connectivity index (χ1n) is 9.92.